The Hall–Kier alpha value is -2.64. The van der Waals surface area contributed by atoms with Crippen LogP contribution in [-0.2, 0) is 4.74 Å². The van der Waals surface area contributed by atoms with E-state index in [-0.39, 0.29) is 22.4 Å². The summed E-state index contributed by atoms with van der Waals surface area (Å²) in [5.74, 6) is 0.401. The second kappa shape index (κ2) is 7.50. The standard InChI is InChI=1S/C17H15ClN2O5/c18-13-3-6-16(15(11-13)20(22)23)25-14-4-1-12(2-5-14)17(21)19-7-9-24-10-8-19/h1-6,11H,7-10H2. The summed E-state index contributed by atoms with van der Waals surface area (Å²) in [4.78, 5) is 24.6. The van der Waals surface area contributed by atoms with E-state index < -0.39 is 4.92 Å². The van der Waals surface area contributed by atoms with Crippen LogP contribution in [0.1, 0.15) is 10.4 Å². The van der Waals surface area contributed by atoms with Gasteiger partial charge in [0.2, 0.25) is 5.75 Å². The van der Waals surface area contributed by atoms with E-state index in [9.17, 15) is 14.9 Å². The van der Waals surface area contributed by atoms with Crippen LogP contribution in [0.4, 0.5) is 5.69 Å². The average Bonchev–Trinajstić information content (AvgIpc) is 2.64. The summed E-state index contributed by atoms with van der Waals surface area (Å²) in [7, 11) is 0. The summed E-state index contributed by atoms with van der Waals surface area (Å²) in [6.07, 6.45) is 0. The lowest BCUT2D eigenvalue weighted by Crippen LogP contribution is -2.40. The van der Waals surface area contributed by atoms with Gasteiger partial charge in [-0.3, -0.25) is 14.9 Å². The summed E-state index contributed by atoms with van der Waals surface area (Å²) in [6, 6.07) is 10.7. The first-order valence-electron chi connectivity index (χ1n) is 7.63. The molecule has 2 aromatic carbocycles. The first kappa shape index (κ1) is 17.2. The van der Waals surface area contributed by atoms with E-state index >= 15 is 0 Å². The van der Waals surface area contributed by atoms with E-state index in [1.807, 2.05) is 0 Å². The van der Waals surface area contributed by atoms with Gasteiger partial charge in [-0.05, 0) is 36.4 Å². The Bertz CT molecular complexity index is 788. The quantitative estimate of drug-likeness (QED) is 0.614. The zero-order valence-electron chi connectivity index (χ0n) is 13.2. The minimum atomic E-state index is -0.558. The van der Waals surface area contributed by atoms with E-state index in [1.54, 1.807) is 29.2 Å². The van der Waals surface area contributed by atoms with Crippen molar-refractivity contribution in [2.75, 3.05) is 26.3 Å². The molecule has 1 aliphatic rings. The molecular formula is C17H15ClN2O5. The fourth-order valence-corrected chi connectivity index (χ4v) is 2.63. The molecule has 1 aliphatic heterocycles. The predicted molar refractivity (Wildman–Crippen MR) is 91.3 cm³/mol. The molecule has 0 aliphatic carbocycles. The number of ether oxygens (including phenoxy) is 2. The van der Waals surface area contributed by atoms with E-state index in [4.69, 9.17) is 21.1 Å². The van der Waals surface area contributed by atoms with Crippen LogP contribution in [-0.4, -0.2) is 42.0 Å². The van der Waals surface area contributed by atoms with Gasteiger partial charge >= 0.3 is 5.69 Å². The number of carbonyl (C=O) groups excluding carboxylic acids is 1. The van der Waals surface area contributed by atoms with Crippen LogP contribution in [0.3, 0.4) is 0 Å². The first-order valence-corrected chi connectivity index (χ1v) is 8.01. The maximum absolute atomic E-state index is 12.4. The highest BCUT2D eigenvalue weighted by atomic mass is 35.5. The Morgan fingerprint density at radius 3 is 2.48 bits per heavy atom. The molecule has 0 radical (unpaired) electrons. The van der Waals surface area contributed by atoms with Crippen LogP contribution in [0.5, 0.6) is 11.5 Å². The number of nitro benzene ring substituents is 1. The molecule has 0 aromatic heterocycles. The predicted octanol–water partition coefficient (Wildman–Crippen LogP) is 3.51. The van der Waals surface area contributed by atoms with Crippen molar-refractivity contribution in [1.82, 2.24) is 4.90 Å². The van der Waals surface area contributed by atoms with Gasteiger partial charge in [0, 0.05) is 29.7 Å². The number of hydrogen-bond acceptors (Lipinski definition) is 5. The van der Waals surface area contributed by atoms with Crippen molar-refractivity contribution in [3.63, 3.8) is 0 Å². The number of rotatable bonds is 4. The molecule has 0 saturated carbocycles. The number of nitrogens with zero attached hydrogens (tertiary/aromatic N) is 2. The van der Waals surface area contributed by atoms with E-state index in [1.165, 1.54) is 18.2 Å². The summed E-state index contributed by atoms with van der Waals surface area (Å²) in [6.45, 7) is 2.20. The van der Waals surface area contributed by atoms with Gasteiger partial charge in [-0.15, -0.1) is 0 Å². The molecule has 0 bridgehead atoms. The van der Waals surface area contributed by atoms with Crippen molar-refractivity contribution in [3.05, 3.63) is 63.2 Å². The Kier molecular flexibility index (Phi) is 5.16. The van der Waals surface area contributed by atoms with Crippen molar-refractivity contribution >= 4 is 23.2 Å². The number of benzene rings is 2. The fraction of sp³-hybridized carbons (Fsp3) is 0.235. The summed E-state index contributed by atoms with van der Waals surface area (Å²) >= 11 is 5.78. The summed E-state index contributed by atoms with van der Waals surface area (Å²) < 4.78 is 10.8. The molecule has 1 saturated heterocycles. The third-order valence-electron chi connectivity index (χ3n) is 3.75. The highest BCUT2D eigenvalue weighted by Crippen LogP contribution is 2.33. The van der Waals surface area contributed by atoms with Gasteiger partial charge in [0.25, 0.3) is 5.91 Å². The molecule has 1 heterocycles. The van der Waals surface area contributed by atoms with Gasteiger partial charge in [-0.1, -0.05) is 11.6 Å². The van der Waals surface area contributed by atoms with Crippen LogP contribution < -0.4 is 4.74 Å². The lowest BCUT2D eigenvalue weighted by atomic mass is 10.2. The number of hydrogen-bond donors (Lipinski definition) is 0. The third-order valence-corrected chi connectivity index (χ3v) is 3.98. The highest BCUT2D eigenvalue weighted by molar-refractivity contribution is 6.30. The number of amides is 1. The Morgan fingerprint density at radius 1 is 1.16 bits per heavy atom. The summed E-state index contributed by atoms with van der Waals surface area (Å²) in [5, 5.41) is 11.3. The maximum Gasteiger partial charge on any atom is 0.313 e. The minimum absolute atomic E-state index is 0.0766. The fourth-order valence-electron chi connectivity index (χ4n) is 2.46. The lowest BCUT2D eigenvalue weighted by molar-refractivity contribution is -0.385. The SMILES string of the molecule is O=C(c1ccc(Oc2ccc(Cl)cc2[N+](=O)[O-])cc1)N1CCOCC1. The topological polar surface area (TPSA) is 81.9 Å². The number of halogens is 1. The Morgan fingerprint density at radius 2 is 1.84 bits per heavy atom. The zero-order chi connectivity index (χ0) is 17.8. The van der Waals surface area contributed by atoms with Gasteiger partial charge in [0.1, 0.15) is 5.75 Å². The van der Waals surface area contributed by atoms with Gasteiger partial charge in [0.15, 0.2) is 0 Å². The number of nitro groups is 1. The number of morpholine rings is 1. The van der Waals surface area contributed by atoms with Gasteiger partial charge < -0.3 is 14.4 Å². The van der Waals surface area contributed by atoms with Crippen LogP contribution in [0.15, 0.2) is 42.5 Å². The van der Waals surface area contributed by atoms with Crippen molar-refractivity contribution in [3.8, 4) is 11.5 Å². The van der Waals surface area contributed by atoms with Crippen LogP contribution in [0.2, 0.25) is 5.02 Å². The van der Waals surface area contributed by atoms with Gasteiger partial charge in [-0.2, -0.15) is 0 Å². The molecule has 7 nitrogen and oxygen atoms in total. The second-order valence-electron chi connectivity index (χ2n) is 5.40. The molecular weight excluding hydrogens is 348 g/mol. The van der Waals surface area contributed by atoms with Crippen molar-refractivity contribution in [2.24, 2.45) is 0 Å². The molecule has 3 rings (SSSR count). The highest BCUT2D eigenvalue weighted by Gasteiger charge is 2.19. The Balaban J connectivity index is 1.75. The third kappa shape index (κ3) is 4.07. The molecule has 0 unspecified atom stereocenters. The zero-order valence-corrected chi connectivity index (χ0v) is 13.9. The van der Waals surface area contributed by atoms with Crippen molar-refractivity contribution in [2.45, 2.75) is 0 Å². The first-order chi connectivity index (χ1) is 12.0. The van der Waals surface area contributed by atoms with Gasteiger partial charge in [-0.25, -0.2) is 0 Å². The molecule has 0 spiro atoms. The van der Waals surface area contributed by atoms with Gasteiger partial charge in [0.05, 0.1) is 18.1 Å². The van der Waals surface area contributed by atoms with E-state index in [0.29, 0.717) is 37.6 Å². The normalized spacial score (nSPS) is 14.2. The van der Waals surface area contributed by atoms with Crippen LogP contribution in [0.25, 0.3) is 0 Å². The average molecular weight is 363 g/mol. The second-order valence-corrected chi connectivity index (χ2v) is 5.84. The largest absolute Gasteiger partial charge is 0.450 e. The van der Waals surface area contributed by atoms with Crippen molar-refractivity contribution in [1.29, 1.82) is 0 Å². The molecule has 0 atom stereocenters. The number of carbonyl (C=O) groups is 1. The van der Waals surface area contributed by atoms with E-state index in [2.05, 4.69) is 0 Å². The van der Waals surface area contributed by atoms with Crippen LogP contribution >= 0.6 is 11.6 Å². The monoisotopic (exact) mass is 362 g/mol. The molecule has 0 N–H and O–H groups in total. The molecule has 130 valence electrons. The molecule has 1 amide bonds. The molecule has 25 heavy (non-hydrogen) atoms. The smallest absolute Gasteiger partial charge is 0.313 e. The molecule has 8 heteroatoms. The minimum Gasteiger partial charge on any atom is -0.450 e. The molecule has 1 fully saturated rings. The van der Waals surface area contributed by atoms with E-state index in [0.717, 1.165) is 0 Å². The van der Waals surface area contributed by atoms with Crippen LogP contribution in [0, 0.1) is 10.1 Å². The summed E-state index contributed by atoms with van der Waals surface area (Å²) in [5.41, 5.74) is 0.306. The lowest BCUT2D eigenvalue weighted by Gasteiger charge is -2.26. The Labute approximate surface area is 148 Å². The van der Waals surface area contributed by atoms with Crippen molar-refractivity contribution < 1.29 is 19.2 Å². The molecule has 2 aromatic rings. The maximum atomic E-state index is 12.4.